The molecule has 2 aromatic rings. The predicted octanol–water partition coefficient (Wildman–Crippen LogP) is 2.32. The first-order valence-electron chi connectivity index (χ1n) is 9.74. The van der Waals surface area contributed by atoms with Gasteiger partial charge in [-0.25, -0.2) is 8.42 Å². The summed E-state index contributed by atoms with van der Waals surface area (Å²) in [4.78, 5) is 26.6. The Morgan fingerprint density at radius 2 is 1.79 bits per heavy atom. The predicted molar refractivity (Wildman–Crippen MR) is 111 cm³/mol. The number of benzene rings is 2. The van der Waals surface area contributed by atoms with Gasteiger partial charge in [0.25, 0.3) is 0 Å². The Labute approximate surface area is 171 Å². The van der Waals surface area contributed by atoms with Crippen LogP contribution in [0.25, 0.3) is 0 Å². The molecule has 1 aliphatic rings. The number of carbonyl (C=O) groups excluding carboxylic acids is 2. The van der Waals surface area contributed by atoms with Crippen LogP contribution < -0.4 is 5.32 Å². The van der Waals surface area contributed by atoms with E-state index < -0.39 is 15.8 Å². The van der Waals surface area contributed by atoms with Gasteiger partial charge in [-0.1, -0.05) is 48.0 Å². The third-order valence-electron chi connectivity index (χ3n) is 5.07. The van der Waals surface area contributed by atoms with Gasteiger partial charge in [0.1, 0.15) is 0 Å². The van der Waals surface area contributed by atoms with Gasteiger partial charge in [0.15, 0.2) is 9.84 Å². The van der Waals surface area contributed by atoms with Crippen LogP contribution in [0.5, 0.6) is 0 Å². The van der Waals surface area contributed by atoms with Gasteiger partial charge in [0.05, 0.1) is 16.6 Å². The van der Waals surface area contributed by atoms with Crippen molar-refractivity contribution in [3.05, 3.63) is 65.7 Å². The Kier molecular flexibility index (Phi) is 6.69. The highest BCUT2D eigenvalue weighted by Crippen LogP contribution is 2.20. The molecule has 1 N–H and O–H groups in total. The van der Waals surface area contributed by atoms with E-state index in [0.717, 1.165) is 11.1 Å². The lowest BCUT2D eigenvalue weighted by atomic mass is 10.1. The van der Waals surface area contributed by atoms with Crippen molar-refractivity contribution in [2.24, 2.45) is 5.92 Å². The third kappa shape index (κ3) is 5.67. The Balaban J connectivity index is 1.44. The van der Waals surface area contributed by atoms with E-state index in [4.69, 9.17) is 0 Å². The van der Waals surface area contributed by atoms with Gasteiger partial charge in [-0.15, -0.1) is 0 Å². The molecule has 1 saturated heterocycles. The minimum atomic E-state index is -3.35. The zero-order chi connectivity index (χ0) is 20.9. The molecule has 1 heterocycles. The molecule has 0 spiro atoms. The average Bonchev–Trinajstić information content (AvgIpc) is 3.08. The summed E-state index contributed by atoms with van der Waals surface area (Å²) in [5.74, 6) is -0.640. The van der Waals surface area contributed by atoms with Crippen molar-refractivity contribution in [2.75, 3.05) is 18.8 Å². The number of hydrogen-bond acceptors (Lipinski definition) is 4. The van der Waals surface area contributed by atoms with Gasteiger partial charge in [-0.3, -0.25) is 9.59 Å². The first kappa shape index (κ1) is 21.0. The largest absolute Gasteiger partial charge is 0.356 e. The van der Waals surface area contributed by atoms with Gasteiger partial charge in [-0.05, 0) is 31.0 Å². The Bertz CT molecular complexity index is 956. The van der Waals surface area contributed by atoms with Gasteiger partial charge in [0.2, 0.25) is 11.8 Å². The van der Waals surface area contributed by atoms with Gasteiger partial charge < -0.3 is 10.2 Å². The molecule has 0 bridgehead atoms. The van der Waals surface area contributed by atoms with Gasteiger partial charge in [-0.2, -0.15) is 0 Å². The molecule has 0 radical (unpaired) electrons. The highest BCUT2D eigenvalue weighted by atomic mass is 32.2. The van der Waals surface area contributed by atoms with E-state index >= 15 is 0 Å². The minimum Gasteiger partial charge on any atom is -0.356 e. The van der Waals surface area contributed by atoms with Crippen LogP contribution in [0.3, 0.4) is 0 Å². The molecule has 1 fully saturated rings. The topological polar surface area (TPSA) is 83.6 Å². The summed E-state index contributed by atoms with van der Waals surface area (Å²) in [6, 6.07) is 16.3. The minimum absolute atomic E-state index is 0.0273. The molecular formula is C22H26N2O4S. The molecule has 29 heavy (non-hydrogen) atoms. The molecule has 2 aromatic carbocycles. The van der Waals surface area contributed by atoms with Crippen molar-refractivity contribution in [3.8, 4) is 0 Å². The molecule has 0 aromatic heterocycles. The Hall–Kier alpha value is -2.67. The highest BCUT2D eigenvalue weighted by Gasteiger charge is 2.34. The molecule has 1 unspecified atom stereocenters. The molecule has 154 valence electrons. The lowest BCUT2D eigenvalue weighted by Crippen LogP contribution is -2.34. The van der Waals surface area contributed by atoms with E-state index in [1.165, 1.54) is 0 Å². The molecule has 3 rings (SSSR count). The fourth-order valence-corrected chi connectivity index (χ4v) is 4.71. The number of carbonyl (C=O) groups is 2. The summed E-state index contributed by atoms with van der Waals surface area (Å²) in [5, 5.41) is 2.78. The maximum absolute atomic E-state index is 12.4. The zero-order valence-electron chi connectivity index (χ0n) is 16.5. The first-order valence-corrected chi connectivity index (χ1v) is 11.4. The molecule has 0 saturated carbocycles. The van der Waals surface area contributed by atoms with Crippen LogP contribution in [0.4, 0.5) is 0 Å². The molecule has 6 nitrogen and oxygen atoms in total. The second-order valence-electron chi connectivity index (χ2n) is 7.44. The summed E-state index contributed by atoms with van der Waals surface area (Å²) >= 11 is 0. The van der Waals surface area contributed by atoms with E-state index in [1.807, 2.05) is 31.2 Å². The number of likely N-dealkylation sites (tertiary alicyclic amines) is 1. The maximum Gasteiger partial charge on any atom is 0.225 e. The van der Waals surface area contributed by atoms with Crippen LogP contribution in [0.2, 0.25) is 0 Å². The third-order valence-corrected chi connectivity index (χ3v) is 6.89. The number of sulfone groups is 1. The number of hydrogen-bond donors (Lipinski definition) is 1. The summed E-state index contributed by atoms with van der Waals surface area (Å²) in [7, 11) is -3.35. The van der Waals surface area contributed by atoms with E-state index in [9.17, 15) is 18.0 Å². The van der Waals surface area contributed by atoms with Crippen LogP contribution >= 0.6 is 0 Å². The van der Waals surface area contributed by atoms with Crippen molar-refractivity contribution in [3.63, 3.8) is 0 Å². The average molecular weight is 415 g/mol. The summed E-state index contributed by atoms with van der Waals surface area (Å²) in [6.07, 6.45) is 0.525. The summed E-state index contributed by atoms with van der Waals surface area (Å²) in [6.45, 7) is 3.17. The monoisotopic (exact) mass is 414 g/mol. The van der Waals surface area contributed by atoms with Crippen molar-refractivity contribution < 1.29 is 18.0 Å². The van der Waals surface area contributed by atoms with Crippen LogP contribution in [0, 0.1) is 12.8 Å². The summed E-state index contributed by atoms with van der Waals surface area (Å²) < 4.78 is 24.5. The van der Waals surface area contributed by atoms with E-state index in [0.29, 0.717) is 24.4 Å². The number of nitrogens with zero attached hydrogens (tertiary/aromatic N) is 1. The van der Waals surface area contributed by atoms with Crippen molar-refractivity contribution in [1.82, 2.24) is 10.2 Å². The highest BCUT2D eigenvalue weighted by molar-refractivity contribution is 7.91. The normalized spacial score (nSPS) is 16.8. The fourth-order valence-electron chi connectivity index (χ4n) is 3.38. The molecular weight excluding hydrogens is 388 g/mol. The van der Waals surface area contributed by atoms with Crippen molar-refractivity contribution in [1.29, 1.82) is 0 Å². The first-order chi connectivity index (χ1) is 13.8. The fraction of sp³-hybridized carbons (Fsp3) is 0.364. The summed E-state index contributed by atoms with van der Waals surface area (Å²) in [5.41, 5.74) is 2.20. The number of amides is 2. The zero-order valence-corrected chi connectivity index (χ0v) is 17.3. The van der Waals surface area contributed by atoms with Crippen LogP contribution in [-0.2, 0) is 26.0 Å². The SMILES string of the molecule is Cc1ccc(CN2CC(C(=O)NCCCS(=O)(=O)c3ccccc3)CC2=O)cc1. The Morgan fingerprint density at radius 1 is 1.10 bits per heavy atom. The molecule has 7 heteroatoms. The molecule has 0 aliphatic carbocycles. The quantitative estimate of drug-likeness (QED) is 0.672. The van der Waals surface area contributed by atoms with Crippen LogP contribution in [-0.4, -0.2) is 44.0 Å². The lowest BCUT2D eigenvalue weighted by molar-refractivity contribution is -0.129. The maximum atomic E-state index is 12.4. The van der Waals surface area contributed by atoms with Crippen molar-refractivity contribution in [2.45, 2.75) is 31.2 Å². The molecule has 2 amide bonds. The van der Waals surface area contributed by atoms with E-state index in [2.05, 4.69) is 5.32 Å². The van der Waals surface area contributed by atoms with E-state index in [1.54, 1.807) is 35.2 Å². The smallest absolute Gasteiger partial charge is 0.225 e. The number of aryl methyl sites for hydroxylation is 1. The van der Waals surface area contributed by atoms with Crippen LogP contribution in [0.1, 0.15) is 24.0 Å². The number of nitrogens with one attached hydrogen (secondary N) is 1. The molecule has 1 atom stereocenters. The van der Waals surface area contributed by atoms with Crippen LogP contribution in [0.15, 0.2) is 59.5 Å². The standard InChI is InChI=1S/C22H26N2O4S/c1-17-8-10-18(11-9-17)15-24-16-19(14-21(24)25)22(26)23-12-5-13-29(27,28)20-6-3-2-4-7-20/h2-4,6-11,19H,5,12-16H2,1H3,(H,23,26). The lowest BCUT2D eigenvalue weighted by Gasteiger charge is -2.17. The van der Waals surface area contributed by atoms with Gasteiger partial charge >= 0.3 is 0 Å². The number of rotatable bonds is 8. The second-order valence-corrected chi connectivity index (χ2v) is 9.55. The second kappa shape index (κ2) is 9.22. The molecule has 1 aliphatic heterocycles. The van der Waals surface area contributed by atoms with E-state index in [-0.39, 0.29) is 30.5 Å². The van der Waals surface area contributed by atoms with Gasteiger partial charge in [0, 0.05) is 26.1 Å². The van der Waals surface area contributed by atoms with Crippen molar-refractivity contribution >= 4 is 21.7 Å². The Morgan fingerprint density at radius 3 is 2.48 bits per heavy atom.